The molecular formula is C19H25ClFN3O2. The molecule has 0 radical (unpaired) electrons. The number of halogens is 2. The van der Waals surface area contributed by atoms with Crippen LogP contribution in [-0.2, 0) is 0 Å². The van der Waals surface area contributed by atoms with Crippen molar-refractivity contribution in [2.45, 2.75) is 38.1 Å². The summed E-state index contributed by atoms with van der Waals surface area (Å²) in [5.41, 5.74) is 0.474. The van der Waals surface area contributed by atoms with Gasteiger partial charge in [0.25, 0.3) is 0 Å². The molecule has 3 rings (SSSR count). The van der Waals surface area contributed by atoms with Gasteiger partial charge in [-0.05, 0) is 63.0 Å². The molecule has 7 heteroatoms. The Morgan fingerprint density at radius 1 is 1.38 bits per heavy atom. The van der Waals surface area contributed by atoms with E-state index in [1.54, 1.807) is 6.08 Å². The Hall–Kier alpha value is -1.79. The summed E-state index contributed by atoms with van der Waals surface area (Å²) >= 11 is 5.81. The number of benzene rings is 1. The summed E-state index contributed by atoms with van der Waals surface area (Å²) in [6, 6.07) is 3.99. The van der Waals surface area contributed by atoms with Crippen molar-refractivity contribution >= 4 is 23.3 Å². The maximum atomic E-state index is 13.3. The Labute approximate surface area is 158 Å². The van der Waals surface area contributed by atoms with E-state index in [0.29, 0.717) is 30.8 Å². The highest BCUT2D eigenvalue weighted by atomic mass is 35.5. The Morgan fingerprint density at radius 2 is 2.15 bits per heavy atom. The fourth-order valence-corrected chi connectivity index (χ4v) is 3.74. The van der Waals surface area contributed by atoms with Crippen LogP contribution in [0.2, 0.25) is 5.02 Å². The maximum Gasteiger partial charge on any atom is 0.322 e. The second-order valence-corrected chi connectivity index (χ2v) is 7.33. The number of likely N-dealkylation sites (tertiary alicyclic amines) is 1. The van der Waals surface area contributed by atoms with Crippen LogP contribution < -0.4 is 5.32 Å². The number of anilines is 1. The highest BCUT2D eigenvalue weighted by Gasteiger charge is 2.26. The van der Waals surface area contributed by atoms with Gasteiger partial charge in [0.05, 0.1) is 10.8 Å². The lowest BCUT2D eigenvalue weighted by molar-refractivity contribution is 0.165. The number of rotatable bonds is 5. The number of hydrogen-bond donors (Lipinski definition) is 2. The number of allylic oxidation sites excluding steroid dienone is 1. The molecule has 2 amide bonds. The molecular weight excluding hydrogens is 357 g/mol. The summed E-state index contributed by atoms with van der Waals surface area (Å²) in [5, 5.41) is 12.4. The predicted molar refractivity (Wildman–Crippen MR) is 101 cm³/mol. The van der Waals surface area contributed by atoms with E-state index in [1.165, 1.54) is 31.0 Å². The Kier molecular flexibility index (Phi) is 6.38. The third-order valence-electron chi connectivity index (χ3n) is 5.09. The monoisotopic (exact) mass is 381 g/mol. The fourth-order valence-electron chi connectivity index (χ4n) is 3.56. The molecule has 1 aromatic rings. The van der Waals surface area contributed by atoms with Crippen LogP contribution in [-0.4, -0.2) is 53.2 Å². The van der Waals surface area contributed by atoms with Crippen molar-refractivity contribution in [2.75, 3.05) is 31.5 Å². The lowest BCUT2D eigenvalue weighted by atomic mass is 9.99. The van der Waals surface area contributed by atoms with Crippen molar-refractivity contribution in [3.05, 3.63) is 40.9 Å². The van der Waals surface area contributed by atoms with E-state index in [-0.39, 0.29) is 17.1 Å². The first-order chi connectivity index (χ1) is 12.5. The molecule has 1 atom stereocenters. The highest BCUT2D eigenvalue weighted by Crippen LogP contribution is 2.24. The standard InChI is InChI=1S/C19H25ClFN3O2/c20-17-13-14(3-8-18(17)21)22-19(26)24(12-11-23-9-1-2-10-23)15-4-6-16(25)7-5-15/h3,6,8,13,15,25H,1-2,4-5,7,9-12H2,(H,22,26). The molecule has 0 bridgehead atoms. The van der Waals surface area contributed by atoms with Crippen molar-refractivity contribution in [2.24, 2.45) is 0 Å². The second-order valence-electron chi connectivity index (χ2n) is 6.92. The lowest BCUT2D eigenvalue weighted by Crippen LogP contribution is -2.47. The molecule has 1 fully saturated rings. The van der Waals surface area contributed by atoms with Gasteiger partial charge in [0, 0.05) is 31.2 Å². The predicted octanol–water partition coefficient (Wildman–Crippen LogP) is 4.40. The minimum atomic E-state index is -0.511. The number of carbonyl (C=O) groups is 1. The molecule has 1 saturated heterocycles. The molecule has 2 aliphatic rings. The topological polar surface area (TPSA) is 55.8 Å². The van der Waals surface area contributed by atoms with Gasteiger partial charge in [0.1, 0.15) is 5.82 Å². The third-order valence-corrected chi connectivity index (χ3v) is 5.38. The number of carbonyl (C=O) groups excluding carboxylic acids is 1. The van der Waals surface area contributed by atoms with Gasteiger partial charge in [-0.1, -0.05) is 11.6 Å². The number of nitrogens with one attached hydrogen (secondary N) is 1. The quantitative estimate of drug-likeness (QED) is 0.794. The van der Waals surface area contributed by atoms with Gasteiger partial charge in [0.2, 0.25) is 0 Å². The Bertz CT molecular complexity index is 677. The SMILES string of the molecule is O=C(Nc1ccc(F)c(Cl)c1)N(CCN1CCCC1)C1CC=C(O)CC1. The first kappa shape index (κ1) is 19.0. The summed E-state index contributed by atoms with van der Waals surface area (Å²) in [6.45, 7) is 3.62. The average molecular weight is 382 g/mol. The van der Waals surface area contributed by atoms with Crippen molar-refractivity contribution in [1.82, 2.24) is 9.80 Å². The van der Waals surface area contributed by atoms with Crippen molar-refractivity contribution in [3.8, 4) is 0 Å². The average Bonchev–Trinajstić information content (AvgIpc) is 3.13. The number of amides is 2. The molecule has 1 unspecified atom stereocenters. The minimum absolute atomic E-state index is 0.0167. The molecule has 142 valence electrons. The Balaban J connectivity index is 1.67. The van der Waals surface area contributed by atoms with Crippen molar-refractivity contribution in [3.63, 3.8) is 0 Å². The van der Waals surface area contributed by atoms with Gasteiger partial charge in [-0.3, -0.25) is 0 Å². The summed E-state index contributed by atoms with van der Waals surface area (Å²) in [4.78, 5) is 17.1. The van der Waals surface area contributed by atoms with Crippen LogP contribution in [0.4, 0.5) is 14.9 Å². The zero-order valence-corrected chi connectivity index (χ0v) is 15.5. The van der Waals surface area contributed by atoms with Gasteiger partial charge >= 0.3 is 6.03 Å². The van der Waals surface area contributed by atoms with E-state index in [0.717, 1.165) is 26.1 Å². The number of urea groups is 1. The summed E-state index contributed by atoms with van der Waals surface area (Å²) in [6.07, 6.45) is 6.17. The summed E-state index contributed by atoms with van der Waals surface area (Å²) in [5.74, 6) is -0.116. The summed E-state index contributed by atoms with van der Waals surface area (Å²) in [7, 11) is 0. The zero-order valence-electron chi connectivity index (χ0n) is 14.8. The van der Waals surface area contributed by atoms with Crippen LogP contribution in [0, 0.1) is 5.82 Å². The number of aliphatic hydroxyl groups excluding tert-OH is 1. The second kappa shape index (κ2) is 8.73. The van der Waals surface area contributed by atoms with Crippen molar-refractivity contribution < 1.29 is 14.3 Å². The van der Waals surface area contributed by atoms with Crippen LogP contribution in [0.1, 0.15) is 32.1 Å². The first-order valence-corrected chi connectivity index (χ1v) is 9.54. The molecule has 2 N–H and O–H groups in total. The summed E-state index contributed by atoms with van der Waals surface area (Å²) < 4.78 is 13.3. The van der Waals surface area contributed by atoms with E-state index in [4.69, 9.17) is 11.6 Å². The molecule has 26 heavy (non-hydrogen) atoms. The van der Waals surface area contributed by atoms with Crippen LogP contribution in [0.5, 0.6) is 0 Å². The fraction of sp³-hybridized carbons (Fsp3) is 0.526. The molecule has 1 aliphatic heterocycles. The third kappa shape index (κ3) is 4.89. The van der Waals surface area contributed by atoms with E-state index >= 15 is 0 Å². The van der Waals surface area contributed by atoms with Crippen LogP contribution in [0.3, 0.4) is 0 Å². The van der Waals surface area contributed by atoms with Gasteiger partial charge in [0.15, 0.2) is 0 Å². The molecule has 1 aromatic carbocycles. The van der Waals surface area contributed by atoms with E-state index in [1.807, 2.05) is 4.90 Å². The van der Waals surface area contributed by atoms with Gasteiger partial charge in [-0.2, -0.15) is 0 Å². The molecule has 0 aromatic heterocycles. The van der Waals surface area contributed by atoms with Crippen LogP contribution in [0.15, 0.2) is 30.0 Å². The largest absolute Gasteiger partial charge is 0.513 e. The van der Waals surface area contributed by atoms with Gasteiger partial charge in [-0.25, -0.2) is 9.18 Å². The van der Waals surface area contributed by atoms with Gasteiger partial charge in [-0.15, -0.1) is 0 Å². The molecule has 5 nitrogen and oxygen atoms in total. The molecule has 0 saturated carbocycles. The molecule has 1 heterocycles. The number of nitrogens with zero attached hydrogens (tertiary/aromatic N) is 2. The number of aliphatic hydroxyl groups is 1. The lowest BCUT2D eigenvalue weighted by Gasteiger charge is -2.34. The molecule has 0 spiro atoms. The van der Waals surface area contributed by atoms with E-state index in [2.05, 4.69) is 10.2 Å². The van der Waals surface area contributed by atoms with Crippen molar-refractivity contribution in [1.29, 1.82) is 0 Å². The highest BCUT2D eigenvalue weighted by molar-refractivity contribution is 6.31. The van der Waals surface area contributed by atoms with Crippen LogP contribution in [0.25, 0.3) is 0 Å². The van der Waals surface area contributed by atoms with E-state index in [9.17, 15) is 14.3 Å². The van der Waals surface area contributed by atoms with E-state index < -0.39 is 5.82 Å². The maximum absolute atomic E-state index is 13.3. The number of hydrogen-bond acceptors (Lipinski definition) is 3. The minimum Gasteiger partial charge on any atom is -0.513 e. The van der Waals surface area contributed by atoms with Crippen LogP contribution >= 0.6 is 11.6 Å². The first-order valence-electron chi connectivity index (χ1n) is 9.16. The zero-order chi connectivity index (χ0) is 18.5. The smallest absolute Gasteiger partial charge is 0.322 e. The molecule has 1 aliphatic carbocycles. The Morgan fingerprint density at radius 3 is 2.81 bits per heavy atom. The van der Waals surface area contributed by atoms with Gasteiger partial charge < -0.3 is 20.2 Å². The normalized spacial score (nSPS) is 20.7.